The largest absolute Gasteiger partial charge is 0.463 e. The van der Waals surface area contributed by atoms with Gasteiger partial charge in [-0.3, -0.25) is 0 Å². The summed E-state index contributed by atoms with van der Waals surface area (Å²) >= 11 is 0. The van der Waals surface area contributed by atoms with Crippen molar-refractivity contribution in [2.24, 2.45) is 0 Å². The molecule has 0 aliphatic carbocycles. The van der Waals surface area contributed by atoms with E-state index in [9.17, 15) is 5.11 Å². The third-order valence-corrected chi connectivity index (χ3v) is 4.13. The highest BCUT2D eigenvalue weighted by Crippen LogP contribution is 2.45. The highest BCUT2D eigenvalue weighted by atomic mass is 16.7. The zero-order chi connectivity index (χ0) is 17.5. The zero-order valence-electron chi connectivity index (χ0n) is 14.7. The molecule has 1 N–H and O–H groups in total. The summed E-state index contributed by atoms with van der Waals surface area (Å²) in [6, 6.07) is 3.98. The second-order valence-corrected chi connectivity index (χ2v) is 6.60. The quantitative estimate of drug-likeness (QED) is 0.845. The van der Waals surface area contributed by atoms with Gasteiger partial charge in [0.25, 0.3) is 0 Å². The van der Waals surface area contributed by atoms with Gasteiger partial charge in [0, 0.05) is 14.2 Å². The first-order valence-corrected chi connectivity index (χ1v) is 7.98. The van der Waals surface area contributed by atoms with Gasteiger partial charge in [-0.15, -0.1) is 0 Å². The van der Waals surface area contributed by atoms with Crippen LogP contribution in [0.4, 0.5) is 0 Å². The number of hydrogen-bond donors (Lipinski definition) is 1. The van der Waals surface area contributed by atoms with Gasteiger partial charge in [0.1, 0.15) is 11.2 Å². The van der Waals surface area contributed by atoms with Gasteiger partial charge in [0.15, 0.2) is 24.6 Å². The first-order chi connectivity index (χ1) is 11.4. The van der Waals surface area contributed by atoms with E-state index in [2.05, 4.69) is 0 Å². The molecule has 0 amide bonds. The molecule has 1 aliphatic heterocycles. The molecule has 0 unspecified atom stereocenters. The smallest absolute Gasteiger partial charge is 0.188 e. The molecule has 2 heterocycles. The normalized spacial score (nSPS) is 21.1. The van der Waals surface area contributed by atoms with Crippen molar-refractivity contribution in [3.63, 3.8) is 0 Å². The standard InChI is InChI=1S/C18H24O6/c1-10-8-11-6-7-12-14(13(11)17(21-5)23-10)24-16(18(2,3)19)15(12)22-9-20-4/h6-7,10,17,19H,8-9H2,1-5H3/t10-,17+/m1/s1. The maximum atomic E-state index is 10.5. The molecule has 2 atom stereocenters. The fourth-order valence-corrected chi connectivity index (χ4v) is 3.11. The molecule has 24 heavy (non-hydrogen) atoms. The maximum absolute atomic E-state index is 10.5. The SMILES string of the molecule is COCOc1c(C(C)(C)O)oc2c3c(ccc12)C[C@@H](C)O[C@@H]3OC. The molecule has 1 aromatic carbocycles. The van der Waals surface area contributed by atoms with Crippen LogP contribution in [-0.4, -0.2) is 32.2 Å². The van der Waals surface area contributed by atoms with Crippen LogP contribution < -0.4 is 4.74 Å². The summed E-state index contributed by atoms with van der Waals surface area (Å²) in [4.78, 5) is 0. The van der Waals surface area contributed by atoms with Crippen LogP contribution in [0.25, 0.3) is 11.0 Å². The number of ether oxygens (including phenoxy) is 4. The topological polar surface area (TPSA) is 70.3 Å². The Balaban J connectivity index is 2.24. The summed E-state index contributed by atoms with van der Waals surface area (Å²) in [7, 11) is 3.15. The lowest BCUT2D eigenvalue weighted by Crippen LogP contribution is -2.24. The Morgan fingerprint density at radius 3 is 2.67 bits per heavy atom. The molecule has 6 nitrogen and oxygen atoms in total. The second kappa shape index (κ2) is 6.37. The van der Waals surface area contributed by atoms with Crippen LogP contribution in [0.1, 0.15) is 43.9 Å². The number of benzene rings is 1. The van der Waals surface area contributed by atoms with Gasteiger partial charge in [-0.25, -0.2) is 0 Å². The lowest BCUT2D eigenvalue weighted by atomic mass is 9.96. The third kappa shape index (κ3) is 2.91. The average molecular weight is 336 g/mol. The van der Waals surface area contributed by atoms with Gasteiger partial charge in [-0.2, -0.15) is 0 Å². The number of aliphatic hydroxyl groups is 1. The second-order valence-electron chi connectivity index (χ2n) is 6.60. The Morgan fingerprint density at radius 1 is 1.29 bits per heavy atom. The number of hydrogen-bond acceptors (Lipinski definition) is 6. The van der Waals surface area contributed by atoms with E-state index in [-0.39, 0.29) is 12.9 Å². The van der Waals surface area contributed by atoms with Gasteiger partial charge in [-0.1, -0.05) is 6.07 Å². The van der Waals surface area contributed by atoms with Crippen LogP contribution in [0.3, 0.4) is 0 Å². The maximum Gasteiger partial charge on any atom is 0.188 e. The molecule has 3 rings (SSSR count). The van der Waals surface area contributed by atoms with Gasteiger partial charge in [0.2, 0.25) is 0 Å². The molecule has 0 spiro atoms. The van der Waals surface area contributed by atoms with Crippen LogP contribution in [0, 0.1) is 0 Å². The molecule has 1 aromatic heterocycles. The summed E-state index contributed by atoms with van der Waals surface area (Å²) in [6.45, 7) is 5.39. The monoisotopic (exact) mass is 336 g/mol. The van der Waals surface area contributed by atoms with E-state index in [4.69, 9.17) is 23.4 Å². The van der Waals surface area contributed by atoms with E-state index in [1.807, 2.05) is 19.1 Å². The number of fused-ring (bicyclic) bond motifs is 3. The van der Waals surface area contributed by atoms with E-state index in [0.29, 0.717) is 17.1 Å². The summed E-state index contributed by atoms with van der Waals surface area (Å²) in [5.41, 5.74) is 1.39. The molecule has 132 valence electrons. The molecular formula is C18H24O6. The molecule has 0 bridgehead atoms. The van der Waals surface area contributed by atoms with E-state index in [1.165, 1.54) is 0 Å². The van der Waals surface area contributed by atoms with Crippen LogP contribution >= 0.6 is 0 Å². The van der Waals surface area contributed by atoms with Crippen molar-refractivity contribution in [2.45, 2.75) is 45.2 Å². The Labute approximate surface area is 141 Å². The molecular weight excluding hydrogens is 312 g/mol. The van der Waals surface area contributed by atoms with Gasteiger partial charge < -0.3 is 28.5 Å². The molecule has 6 heteroatoms. The molecule has 0 saturated carbocycles. The van der Waals surface area contributed by atoms with E-state index in [1.54, 1.807) is 28.1 Å². The van der Waals surface area contributed by atoms with Crippen molar-refractivity contribution >= 4 is 11.0 Å². The first kappa shape index (κ1) is 17.2. The van der Waals surface area contributed by atoms with Crippen molar-refractivity contribution in [1.29, 1.82) is 0 Å². The minimum atomic E-state index is -1.19. The van der Waals surface area contributed by atoms with E-state index < -0.39 is 11.9 Å². The highest BCUT2D eigenvalue weighted by molar-refractivity contribution is 5.89. The summed E-state index contributed by atoms with van der Waals surface area (Å²) < 4.78 is 28.1. The lowest BCUT2D eigenvalue weighted by Gasteiger charge is -2.29. The minimum Gasteiger partial charge on any atom is -0.463 e. The Bertz CT molecular complexity index is 727. The van der Waals surface area contributed by atoms with Crippen molar-refractivity contribution in [3.05, 3.63) is 29.0 Å². The average Bonchev–Trinajstić information content (AvgIpc) is 2.90. The van der Waals surface area contributed by atoms with Gasteiger partial charge >= 0.3 is 0 Å². The van der Waals surface area contributed by atoms with Gasteiger partial charge in [-0.05, 0) is 38.8 Å². The van der Waals surface area contributed by atoms with Crippen molar-refractivity contribution in [3.8, 4) is 5.75 Å². The number of rotatable bonds is 5. The molecule has 0 saturated heterocycles. The van der Waals surface area contributed by atoms with Gasteiger partial charge in [0.05, 0.1) is 17.1 Å². The predicted octanol–water partition coefficient (Wildman–Crippen LogP) is 3.25. The highest BCUT2D eigenvalue weighted by Gasteiger charge is 2.34. The lowest BCUT2D eigenvalue weighted by molar-refractivity contribution is -0.162. The minimum absolute atomic E-state index is 0.0628. The van der Waals surface area contributed by atoms with E-state index in [0.717, 1.165) is 22.9 Å². The Morgan fingerprint density at radius 2 is 2.04 bits per heavy atom. The number of furan rings is 1. The van der Waals surface area contributed by atoms with Crippen LogP contribution in [0.15, 0.2) is 16.5 Å². The number of methoxy groups -OCH3 is 2. The fraction of sp³-hybridized carbons (Fsp3) is 0.556. The van der Waals surface area contributed by atoms with Crippen LogP contribution in [-0.2, 0) is 26.2 Å². The first-order valence-electron chi connectivity index (χ1n) is 7.98. The van der Waals surface area contributed by atoms with Crippen molar-refractivity contribution < 1.29 is 28.5 Å². The van der Waals surface area contributed by atoms with Crippen LogP contribution in [0.5, 0.6) is 5.75 Å². The third-order valence-electron chi connectivity index (χ3n) is 4.13. The Kier molecular flexibility index (Phi) is 4.57. The Hall–Kier alpha value is -1.60. The summed E-state index contributed by atoms with van der Waals surface area (Å²) in [6.07, 6.45) is 0.328. The van der Waals surface area contributed by atoms with Crippen molar-refractivity contribution in [1.82, 2.24) is 0 Å². The zero-order valence-corrected chi connectivity index (χ0v) is 14.7. The summed E-state index contributed by atoms with van der Waals surface area (Å²) in [5, 5.41) is 11.2. The predicted molar refractivity (Wildman–Crippen MR) is 88.0 cm³/mol. The fourth-order valence-electron chi connectivity index (χ4n) is 3.11. The summed E-state index contributed by atoms with van der Waals surface area (Å²) in [5.74, 6) is 0.840. The molecule has 0 radical (unpaired) electrons. The van der Waals surface area contributed by atoms with E-state index >= 15 is 0 Å². The molecule has 0 fully saturated rings. The molecule has 1 aliphatic rings. The molecule has 2 aromatic rings. The van der Waals surface area contributed by atoms with Crippen LogP contribution in [0.2, 0.25) is 0 Å². The van der Waals surface area contributed by atoms with Crippen molar-refractivity contribution in [2.75, 3.05) is 21.0 Å².